The number of pyridine rings is 1. The van der Waals surface area contributed by atoms with Gasteiger partial charge >= 0.3 is 0 Å². The Labute approximate surface area is 228 Å². The maximum atomic E-state index is 13.4. The number of thiocarbonyl (C=S) groups is 1. The number of carbonyl (C=O) groups excluding carboxylic acids is 1. The van der Waals surface area contributed by atoms with Crippen molar-refractivity contribution in [1.82, 2.24) is 9.47 Å². The molecular formula is C28H33N5O2S2. The van der Waals surface area contributed by atoms with Crippen molar-refractivity contribution in [3.8, 4) is 6.07 Å². The number of amides is 1. The highest BCUT2D eigenvalue weighted by molar-refractivity contribution is 8.26. The molecule has 7 nitrogen and oxygen atoms in total. The lowest BCUT2D eigenvalue weighted by Gasteiger charge is -2.39. The molecule has 1 aromatic heterocycles. The Kier molecular flexibility index (Phi) is 8.40. The zero-order valence-electron chi connectivity index (χ0n) is 21.9. The number of nitriles is 1. The van der Waals surface area contributed by atoms with Crippen LogP contribution in [-0.4, -0.2) is 52.4 Å². The number of hydrogen-bond donors (Lipinski definition) is 0. The first-order valence-electron chi connectivity index (χ1n) is 12.7. The van der Waals surface area contributed by atoms with E-state index in [1.54, 1.807) is 16.4 Å². The van der Waals surface area contributed by atoms with E-state index in [1.807, 2.05) is 31.2 Å². The lowest BCUT2D eigenvalue weighted by molar-refractivity contribution is -0.122. The van der Waals surface area contributed by atoms with Crippen molar-refractivity contribution in [3.05, 3.63) is 62.3 Å². The van der Waals surface area contributed by atoms with Crippen molar-refractivity contribution in [1.29, 1.82) is 5.26 Å². The number of thioether (sulfide) groups is 1. The first-order valence-corrected chi connectivity index (χ1v) is 14.0. The van der Waals surface area contributed by atoms with Gasteiger partial charge < -0.3 is 9.80 Å². The van der Waals surface area contributed by atoms with Gasteiger partial charge in [0.25, 0.3) is 11.5 Å². The predicted molar refractivity (Wildman–Crippen MR) is 156 cm³/mol. The third-order valence-electron chi connectivity index (χ3n) is 6.69. The molecule has 0 spiro atoms. The Balaban J connectivity index is 1.79. The van der Waals surface area contributed by atoms with Gasteiger partial charge in [-0.25, -0.2) is 0 Å². The van der Waals surface area contributed by atoms with Crippen LogP contribution in [0.15, 0.2) is 40.0 Å². The smallest absolute Gasteiger partial charge is 0.270 e. The highest BCUT2D eigenvalue weighted by Gasteiger charge is 2.34. The molecule has 0 bridgehead atoms. The molecule has 2 aliphatic heterocycles. The Morgan fingerprint density at radius 2 is 1.76 bits per heavy atom. The second kappa shape index (κ2) is 11.5. The number of para-hydroxylation sites is 1. The van der Waals surface area contributed by atoms with Crippen LogP contribution in [0.2, 0.25) is 0 Å². The van der Waals surface area contributed by atoms with Crippen molar-refractivity contribution in [2.24, 2.45) is 5.92 Å². The number of benzene rings is 1. The van der Waals surface area contributed by atoms with E-state index >= 15 is 0 Å². The minimum absolute atomic E-state index is 0.116. The van der Waals surface area contributed by atoms with Crippen LogP contribution in [0.4, 0.5) is 11.5 Å². The molecule has 9 heteroatoms. The summed E-state index contributed by atoms with van der Waals surface area (Å²) >= 11 is 6.81. The molecule has 0 radical (unpaired) electrons. The summed E-state index contributed by atoms with van der Waals surface area (Å²) in [5, 5.41) is 9.87. The molecule has 0 saturated carbocycles. The second-order valence-electron chi connectivity index (χ2n) is 9.80. The standard InChI is InChI=1S/C28H33N5O2S2/c1-5-11-32-25(31-14-12-30(13-15-31)21-9-7-6-8-10-21)22(20(4)23(17-29)26(32)34)16-24-27(35)33(18-19(2)3)28(36)37-24/h6-10,16,19H,5,11-15,18H2,1-4H3/b24-16+. The maximum absolute atomic E-state index is 13.4. The van der Waals surface area contributed by atoms with Gasteiger partial charge in [0.05, 0.1) is 4.91 Å². The van der Waals surface area contributed by atoms with Crippen LogP contribution in [0.25, 0.3) is 6.08 Å². The van der Waals surface area contributed by atoms with Crippen molar-refractivity contribution in [3.63, 3.8) is 0 Å². The van der Waals surface area contributed by atoms with Crippen molar-refractivity contribution in [2.75, 3.05) is 42.5 Å². The fourth-order valence-corrected chi connectivity index (χ4v) is 6.14. The van der Waals surface area contributed by atoms with Gasteiger partial charge in [-0.3, -0.25) is 19.1 Å². The molecule has 2 fully saturated rings. The third kappa shape index (κ3) is 5.46. The molecular weight excluding hydrogens is 502 g/mol. The predicted octanol–water partition coefficient (Wildman–Crippen LogP) is 4.62. The van der Waals surface area contributed by atoms with Crippen LogP contribution in [0.3, 0.4) is 0 Å². The number of aromatic nitrogens is 1. The number of rotatable bonds is 7. The van der Waals surface area contributed by atoms with Crippen molar-refractivity contribution >= 4 is 51.8 Å². The molecule has 2 aromatic rings. The van der Waals surface area contributed by atoms with Gasteiger partial charge in [-0.05, 0) is 43.0 Å². The number of carbonyl (C=O) groups is 1. The first-order chi connectivity index (χ1) is 17.8. The minimum atomic E-state index is -0.271. The highest BCUT2D eigenvalue weighted by atomic mass is 32.2. The SMILES string of the molecule is CCCn1c(N2CCN(c3ccccc3)CC2)c(/C=C2/SC(=S)N(CC(C)C)C2=O)c(C)c(C#N)c1=O. The summed E-state index contributed by atoms with van der Waals surface area (Å²) in [6.45, 7) is 12.0. The summed E-state index contributed by atoms with van der Waals surface area (Å²) in [5.41, 5.74) is 2.39. The minimum Gasteiger partial charge on any atom is -0.368 e. The Hall–Kier alpha value is -3.09. The Morgan fingerprint density at radius 3 is 2.35 bits per heavy atom. The summed E-state index contributed by atoms with van der Waals surface area (Å²) < 4.78 is 2.27. The van der Waals surface area contributed by atoms with Gasteiger partial charge in [-0.1, -0.05) is 63.0 Å². The van der Waals surface area contributed by atoms with Crippen molar-refractivity contribution in [2.45, 2.75) is 40.7 Å². The number of nitrogens with zero attached hydrogens (tertiary/aromatic N) is 5. The molecule has 1 amide bonds. The molecule has 4 rings (SSSR count). The largest absolute Gasteiger partial charge is 0.368 e. The summed E-state index contributed by atoms with van der Waals surface area (Å²) in [5.74, 6) is 0.955. The Bertz CT molecular complexity index is 1320. The summed E-state index contributed by atoms with van der Waals surface area (Å²) in [6.07, 6.45) is 2.60. The zero-order chi connectivity index (χ0) is 26.7. The Morgan fingerprint density at radius 1 is 1.11 bits per heavy atom. The molecule has 2 aliphatic rings. The molecule has 0 N–H and O–H groups in total. The first kappa shape index (κ1) is 27.0. The lowest BCUT2D eigenvalue weighted by atomic mass is 10.0. The zero-order valence-corrected chi connectivity index (χ0v) is 23.5. The molecule has 37 heavy (non-hydrogen) atoms. The topological polar surface area (TPSA) is 72.6 Å². The van der Waals surface area contributed by atoms with Crippen LogP contribution in [0.5, 0.6) is 0 Å². The second-order valence-corrected chi connectivity index (χ2v) is 11.5. The molecule has 0 unspecified atom stereocenters. The van der Waals surface area contributed by atoms with Crippen molar-refractivity contribution < 1.29 is 4.79 Å². The van der Waals surface area contributed by atoms with E-state index < -0.39 is 0 Å². The van der Waals surface area contributed by atoms with Gasteiger partial charge in [0, 0.05) is 50.5 Å². The van der Waals surface area contributed by atoms with Crippen LogP contribution < -0.4 is 15.4 Å². The monoisotopic (exact) mass is 535 g/mol. The summed E-state index contributed by atoms with van der Waals surface area (Å²) in [6, 6.07) is 12.4. The average molecular weight is 536 g/mol. The molecule has 0 aliphatic carbocycles. The van der Waals surface area contributed by atoms with E-state index in [-0.39, 0.29) is 22.9 Å². The maximum Gasteiger partial charge on any atom is 0.270 e. The normalized spacial score (nSPS) is 17.3. The van der Waals surface area contributed by atoms with E-state index in [0.29, 0.717) is 27.9 Å². The lowest BCUT2D eigenvalue weighted by Crippen LogP contribution is -2.48. The molecule has 194 valence electrons. The molecule has 0 atom stereocenters. The molecule has 2 saturated heterocycles. The van der Waals surface area contributed by atoms with E-state index in [1.165, 1.54) is 17.4 Å². The van der Waals surface area contributed by atoms with Gasteiger partial charge in [0.2, 0.25) is 0 Å². The summed E-state index contributed by atoms with van der Waals surface area (Å²) in [4.78, 5) is 33.5. The quantitative estimate of drug-likeness (QED) is 0.378. The fraction of sp³-hybridized carbons (Fsp3) is 0.429. The number of anilines is 2. The third-order valence-corrected chi connectivity index (χ3v) is 8.07. The van der Waals surface area contributed by atoms with E-state index in [9.17, 15) is 14.9 Å². The van der Waals surface area contributed by atoms with Crippen LogP contribution >= 0.6 is 24.0 Å². The van der Waals surface area contributed by atoms with Gasteiger partial charge in [-0.15, -0.1) is 0 Å². The van der Waals surface area contributed by atoms with Crippen LogP contribution in [0.1, 0.15) is 43.9 Å². The van der Waals surface area contributed by atoms with E-state index in [4.69, 9.17) is 12.2 Å². The number of hydrogen-bond acceptors (Lipinski definition) is 7. The molecule has 3 heterocycles. The molecule has 1 aromatic carbocycles. The van der Waals surface area contributed by atoms with Gasteiger partial charge in [0.1, 0.15) is 21.8 Å². The van der Waals surface area contributed by atoms with Crippen LogP contribution in [-0.2, 0) is 11.3 Å². The average Bonchev–Trinajstić information content (AvgIpc) is 3.15. The highest BCUT2D eigenvalue weighted by Crippen LogP contribution is 2.36. The summed E-state index contributed by atoms with van der Waals surface area (Å²) in [7, 11) is 0. The van der Waals surface area contributed by atoms with E-state index in [0.717, 1.165) is 44.0 Å². The number of piperazine rings is 1. The van der Waals surface area contributed by atoms with Crippen LogP contribution in [0, 0.1) is 24.2 Å². The fourth-order valence-electron chi connectivity index (χ4n) is 4.88. The van der Waals surface area contributed by atoms with E-state index in [2.05, 4.69) is 41.8 Å². The van der Waals surface area contributed by atoms with Gasteiger partial charge in [0.15, 0.2) is 0 Å². The van der Waals surface area contributed by atoms with Gasteiger partial charge in [-0.2, -0.15) is 5.26 Å².